The lowest BCUT2D eigenvalue weighted by Crippen LogP contribution is -2.11. The quantitative estimate of drug-likeness (QED) is 0.719. The molecule has 0 spiro atoms. The number of rotatable bonds is 2. The van der Waals surface area contributed by atoms with Gasteiger partial charge >= 0.3 is 0 Å². The average Bonchev–Trinajstić information content (AvgIpc) is 2.87. The lowest BCUT2D eigenvalue weighted by atomic mass is 10.2. The summed E-state index contributed by atoms with van der Waals surface area (Å²) in [6, 6.07) is 8.96. The number of nitrogens with one attached hydrogen (secondary N) is 2. The minimum absolute atomic E-state index is 0.179. The van der Waals surface area contributed by atoms with E-state index in [4.69, 9.17) is 0 Å². The van der Waals surface area contributed by atoms with Crippen LogP contribution in [0.4, 0.5) is 5.69 Å². The fourth-order valence-electron chi connectivity index (χ4n) is 1.71. The number of amides is 1. The Kier molecular flexibility index (Phi) is 2.49. The van der Waals surface area contributed by atoms with Gasteiger partial charge in [-0.05, 0) is 30.3 Å². The topological polar surface area (TPSA) is 70.7 Å². The van der Waals surface area contributed by atoms with Crippen LogP contribution >= 0.6 is 0 Å². The van der Waals surface area contributed by atoms with E-state index in [1.165, 1.54) is 6.20 Å². The molecule has 0 saturated carbocycles. The number of benzene rings is 1. The summed E-state index contributed by atoms with van der Waals surface area (Å²) in [7, 11) is 0. The molecule has 2 N–H and O–H groups in total. The zero-order valence-electron chi connectivity index (χ0n) is 9.42. The molecule has 3 rings (SSSR count). The second-order valence-electron chi connectivity index (χ2n) is 3.83. The van der Waals surface area contributed by atoms with Gasteiger partial charge in [0.05, 0.1) is 22.9 Å². The number of aromatic amines is 1. The summed E-state index contributed by atoms with van der Waals surface area (Å²) in [5.41, 5.74) is 3.01. The molecule has 0 unspecified atom stereocenters. The van der Waals surface area contributed by atoms with Crippen LogP contribution in [-0.4, -0.2) is 20.9 Å². The largest absolute Gasteiger partial charge is 0.345 e. The van der Waals surface area contributed by atoms with Gasteiger partial charge in [-0.1, -0.05) is 0 Å². The summed E-state index contributed by atoms with van der Waals surface area (Å²) in [6.07, 6.45) is 4.79. The maximum atomic E-state index is 11.9. The van der Waals surface area contributed by atoms with E-state index < -0.39 is 0 Å². The summed E-state index contributed by atoms with van der Waals surface area (Å²) in [5.74, 6) is -0.179. The van der Waals surface area contributed by atoms with Crippen LogP contribution in [0.1, 0.15) is 10.4 Å². The molecule has 5 nitrogen and oxygen atoms in total. The lowest BCUT2D eigenvalue weighted by molar-refractivity contribution is 0.102. The van der Waals surface area contributed by atoms with Gasteiger partial charge in [-0.25, -0.2) is 4.98 Å². The summed E-state index contributed by atoms with van der Waals surface area (Å²) in [6.45, 7) is 0. The van der Waals surface area contributed by atoms with Crippen molar-refractivity contribution in [2.24, 2.45) is 0 Å². The third-order valence-corrected chi connectivity index (χ3v) is 2.60. The number of nitrogens with zero attached hydrogens (tertiary/aromatic N) is 2. The Balaban J connectivity index is 1.86. The number of fused-ring (bicyclic) bond motifs is 1. The van der Waals surface area contributed by atoms with Gasteiger partial charge in [0, 0.05) is 18.1 Å². The zero-order valence-corrected chi connectivity index (χ0v) is 9.42. The van der Waals surface area contributed by atoms with Gasteiger partial charge < -0.3 is 10.3 Å². The monoisotopic (exact) mass is 238 g/mol. The third-order valence-electron chi connectivity index (χ3n) is 2.60. The molecule has 0 fully saturated rings. The van der Waals surface area contributed by atoms with Crippen molar-refractivity contribution in [2.75, 3.05) is 5.32 Å². The van der Waals surface area contributed by atoms with E-state index in [1.54, 1.807) is 24.7 Å². The van der Waals surface area contributed by atoms with E-state index in [0.717, 1.165) is 16.7 Å². The molecule has 0 bridgehead atoms. The molecule has 5 heteroatoms. The number of H-pyrrole nitrogens is 1. The van der Waals surface area contributed by atoms with Crippen LogP contribution in [0, 0.1) is 0 Å². The second kappa shape index (κ2) is 4.29. The van der Waals surface area contributed by atoms with Crippen molar-refractivity contribution in [1.29, 1.82) is 0 Å². The van der Waals surface area contributed by atoms with Gasteiger partial charge in [-0.2, -0.15) is 0 Å². The van der Waals surface area contributed by atoms with E-state index in [-0.39, 0.29) is 5.91 Å². The van der Waals surface area contributed by atoms with Crippen LogP contribution in [-0.2, 0) is 0 Å². The fraction of sp³-hybridized carbons (Fsp3) is 0. The average molecular weight is 238 g/mol. The molecule has 1 amide bonds. The van der Waals surface area contributed by atoms with E-state index in [1.807, 2.05) is 18.2 Å². The molecule has 2 aromatic heterocycles. The second-order valence-corrected chi connectivity index (χ2v) is 3.83. The number of aromatic nitrogens is 3. The first-order valence-electron chi connectivity index (χ1n) is 5.47. The molecular weight excluding hydrogens is 228 g/mol. The Morgan fingerprint density at radius 3 is 3.06 bits per heavy atom. The van der Waals surface area contributed by atoms with Crippen molar-refractivity contribution in [3.05, 3.63) is 54.6 Å². The molecule has 0 radical (unpaired) electrons. The number of carbonyl (C=O) groups excluding carboxylic acids is 1. The highest BCUT2D eigenvalue weighted by Gasteiger charge is 2.06. The van der Waals surface area contributed by atoms with E-state index in [2.05, 4.69) is 20.3 Å². The van der Waals surface area contributed by atoms with Crippen LogP contribution in [0.25, 0.3) is 11.0 Å². The highest BCUT2D eigenvalue weighted by Crippen LogP contribution is 2.16. The van der Waals surface area contributed by atoms with Gasteiger partial charge in [0.2, 0.25) is 0 Å². The number of carbonyl (C=O) groups is 1. The molecular formula is C13H10N4O. The SMILES string of the molecule is O=C(Nc1ccc2nc[nH]c2c1)c1cccnc1. The number of hydrogen-bond donors (Lipinski definition) is 2. The smallest absolute Gasteiger partial charge is 0.257 e. The number of hydrogen-bond acceptors (Lipinski definition) is 3. The molecule has 0 aliphatic rings. The Labute approximate surface area is 103 Å². The molecule has 0 aliphatic heterocycles. The van der Waals surface area contributed by atoms with Crippen molar-refractivity contribution >= 4 is 22.6 Å². The van der Waals surface area contributed by atoms with Gasteiger partial charge in [-0.3, -0.25) is 9.78 Å². The van der Waals surface area contributed by atoms with Gasteiger partial charge in [0.15, 0.2) is 0 Å². The summed E-state index contributed by atoms with van der Waals surface area (Å²) in [4.78, 5) is 22.9. The molecule has 0 atom stereocenters. The summed E-state index contributed by atoms with van der Waals surface area (Å²) < 4.78 is 0. The minimum Gasteiger partial charge on any atom is -0.345 e. The Bertz CT molecular complexity index is 690. The van der Waals surface area contributed by atoms with Crippen LogP contribution < -0.4 is 5.32 Å². The predicted octanol–water partition coefficient (Wildman–Crippen LogP) is 2.21. The molecule has 0 saturated heterocycles. The van der Waals surface area contributed by atoms with Crippen LogP contribution in [0.2, 0.25) is 0 Å². The van der Waals surface area contributed by atoms with E-state index in [0.29, 0.717) is 5.56 Å². The summed E-state index contributed by atoms with van der Waals surface area (Å²) in [5, 5.41) is 2.81. The van der Waals surface area contributed by atoms with E-state index >= 15 is 0 Å². The standard InChI is InChI=1S/C13H10N4O/c18-13(9-2-1-5-14-7-9)17-10-3-4-11-12(6-10)16-8-15-11/h1-8H,(H,15,16)(H,17,18). The minimum atomic E-state index is -0.179. The van der Waals surface area contributed by atoms with Crippen LogP contribution in [0.3, 0.4) is 0 Å². The lowest BCUT2D eigenvalue weighted by Gasteiger charge is -2.04. The normalized spacial score (nSPS) is 10.4. The van der Waals surface area contributed by atoms with Crippen molar-refractivity contribution < 1.29 is 4.79 Å². The van der Waals surface area contributed by atoms with Crippen molar-refractivity contribution in [1.82, 2.24) is 15.0 Å². The highest BCUT2D eigenvalue weighted by atomic mass is 16.1. The summed E-state index contributed by atoms with van der Waals surface area (Å²) >= 11 is 0. The Morgan fingerprint density at radius 1 is 1.28 bits per heavy atom. The van der Waals surface area contributed by atoms with Gasteiger partial charge in [-0.15, -0.1) is 0 Å². The molecule has 88 valence electrons. The van der Waals surface area contributed by atoms with Gasteiger partial charge in [0.25, 0.3) is 5.91 Å². The zero-order chi connectivity index (χ0) is 12.4. The molecule has 2 heterocycles. The van der Waals surface area contributed by atoms with Crippen LogP contribution in [0.5, 0.6) is 0 Å². The van der Waals surface area contributed by atoms with Crippen molar-refractivity contribution in [3.8, 4) is 0 Å². The number of anilines is 1. The maximum absolute atomic E-state index is 11.9. The highest BCUT2D eigenvalue weighted by molar-refractivity contribution is 6.04. The van der Waals surface area contributed by atoms with Crippen molar-refractivity contribution in [2.45, 2.75) is 0 Å². The molecule has 3 aromatic rings. The first-order chi connectivity index (χ1) is 8.83. The Morgan fingerprint density at radius 2 is 2.22 bits per heavy atom. The first-order valence-corrected chi connectivity index (χ1v) is 5.47. The van der Waals surface area contributed by atoms with Crippen LogP contribution in [0.15, 0.2) is 49.1 Å². The predicted molar refractivity (Wildman–Crippen MR) is 68.3 cm³/mol. The molecule has 18 heavy (non-hydrogen) atoms. The number of imidazole rings is 1. The number of pyridine rings is 1. The molecule has 1 aromatic carbocycles. The van der Waals surface area contributed by atoms with E-state index in [9.17, 15) is 4.79 Å². The first kappa shape index (κ1) is 10.5. The Hall–Kier alpha value is -2.69. The third kappa shape index (κ3) is 1.93. The fourth-order valence-corrected chi connectivity index (χ4v) is 1.71. The van der Waals surface area contributed by atoms with Crippen molar-refractivity contribution in [3.63, 3.8) is 0 Å². The maximum Gasteiger partial charge on any atom is 0.257 e. The van der Waals surface area contributed by atoms with Gasteiger partial charge in [0.1, 0.15) is 0 Å². The molecule has 0 aliphatic carbocycles.